The molecule has 1 N–H and O–H groups in total. The van der Waals surface area contributed by atoms with Crippen LogP contribution in [0.5, 0.6) is 0 Å². The summed E-state index contributed by atoms with van der Waals surface area (Å²) in [5, 5.41) is 3.02. The van der Waals surface area contributed by atoms with Crippen LogP contribution in [0.25, 0.3) is 0 Å². The third-order valence-electron chi connectivity index (χ3n) is 4.72. The number of amides is 1. The van der Waals surface area contributed by atoms with Crippen molar-refractivity contribution < 1.29 is 22.7 Å². The molecule has 7 nitrogen and oxygen atoms in total. The molecule has 0 bridgehead atoms. The number of methoxy groups -OCH3 is 1. The van der Waals surface area contributed by atoms with Crippen molar-refractivity contribution in [1.29, 1.82) is 0 Å². The number of ether oxygens (including phenoxy) is 1. The number of benzene rings is 1. The number of rotatable bonds is 7. The second-order valence-corrected chi connectivity index (χ2v) is 8.79. The van der Waals surface area contributed by atoms with Crippen LogP contribution in [-0.4, -0.2) is 46.2 Å². The molecule has 1 saturated carbocycles. The first kappa shape index (κ1) is 21.2. The quantitative estimate of drug-likeness (QED) is 0.565. The van der Waals surface area contributed by atoms with Gasteiger partial charge in [0.1, 0.15) is 0 Å². The van der Waals surface area contributed by atoms with Crippen molar-refractivity contribution in [1.82, 2.24) is 5.32 Å². The summed E-state index contributed by atoms with van der Waals surface area (Å²) in [5.41, 5.74) is 0.592. The zero-order valence-electron chi connectivity index (χ0n) is 15.9. The van der Waals surface area contributed by atoms with Crippen LogP contribution in [-0.2, 0) is 19.6 Å². The summed E-state index contributed by atoms with van der Waals surface area (Å²) < 4.78 is 30.2. The smallest absolute Gasteiger partial charge is 0.337 e. The van der Waals surface area contributed by atoms with E-state index >= 15 is 0 Å². The Labute approximate surface area is 161 Å². The van der Waals surface area contributed by atoms with Gasteiger partial charge in [-0.15, -0.1) is 0 Å². The predicted molar refractivity (Wildman–Crippen MR) is 104 cm³/mol. The van der Waals surface area contributed by atoms with Crippen LogP contribution in [0.4, 0.5) is 5.69 Å². The normalized spacial score (nSPS) is 15.6. The maximum Gasteiger partial charge on any atom is 0.337 e. The first-order chi connectivity index (χ1) is 12.8. The molecule has 1 amide bonds. The van der Waals surface area contributed by atoms with Gasteiger partial charge in [0, 0.05) is 19.0 Å². The van der Waals surface area contributed by atoms with Gasteiger partial charge < -0.3 is 10.1 Å². The molecule has 1 aromatic rings. The lowest BCUT2D eigenvalue weighted by molar-refractivity contribution is -0.121. The van der Waals surface area contributed by atoms with Gasteiger partial charge in [-0.3, -0.25) is 9.10 Å². The number of hydrogen-bond acceptors (Lipinski definition) is 5. The van der Waals surface area contributed by atoms with Crippen LogP contribution in [0, 0.1) is 0 Å². The van der Waals surface area contributed by atoms with E-state index in [2.05, 4.69) is 10.1 Å². The van der Waals surface area contributed by atoms with Crippen molar-refractivity contribution in [3.63, 3.8) is 0 Å². The minimum Gasteiger partial charge on any atom is -0.465 e. The number of hydrogen-bond donors (Lipinski definition) is 1. The van der Waals surface area contributed by atoms with Crippen molar-refractivity contribution in [2.45, 2.75) is 51.0 Å². The van der Waals surface area contributed by atoms with Gasteiger partial charge >= 0.3 is 5.97 Å². The van der Waals surface area contributed by atoms with Crippen LogP contribution < -0.4 is 9.62 Å². The average Bonchev–Trinajstić information content (AvgIpc) is 2.89. The number of carbonyl (C=O) groups is 2. The SMILES string of the molecule is COC(=O)c1cccc(N(CCC(=O)NC2CCCCCC2)S(C)(=O)=O)c1. The van der Waals surface area contributed by atoms with Gasteiger partial charge in [0.25, 0.3) is 0 Å². The maximum atomic E-state index is 12.3. The predicted octanol–water partition coefficient (Wildman–Crippen LogP) is 2.47. The molecule has 0 spiro atoms. The molecule has 1 fully saturated rings. The van der Waals surface area contributed by atoms with Crippen molar-refractivity contribution in [3.05, 3.63) is 29.8 Å². The van der Waals surface area contributed by atoms with Crippen LogP contribution in [0.2, 0.25) is 0 Å². The minimum atomic E-state index is -3.60. The Hall–Kier alpha value is -2.09. The van der Waals surface area contributed by atoms with Gasteiger partial charge in [-0.1, -0.05) is 31.7 Å². The largest absolute Gasteiger partial charge is 0.465 e. The van der Waals surface area contributed by atoms with E-state index in [9.17, 15) is 18.0 Å². The summed E-state index contributed by atoms with van der Waals surface area (Å²) in [4.78, 5) is 24.0. The van der Waals surface area contributed by atoms with E-state index in [-0.39, 0.29) is 30.5 Å². The molecular formula is C19H28N2O5S. The molecule has 0 heterocycles. The highest BCUT2D eigenvalue weighted by atomic mass is 32.2. The van der Waals surface area contributed by atoms with E-state index in [0.29, 0.717) is 5.69 Å². The standard InChI is InChI=1S/C19H28N2O5S/c1-26-19(23)15-8-7-11-17(14-15)21(27(2,24)25)13-12-18(22)20-16-9-5-3-4-6-10-16/h7-8,11,14,16H,3-6,9-10,12-13H2,1-2H3,(H,20,22). The monoisotopic (exact) mass is 396 g/mol. The van der Waals surface area contributed by atoms with E-state index in [0.717, 1.165) is 36.2 Å². The highest BCUT2D eigenvalue weighted by molar-refractivity contribution is 7.92. The molecule has 150 valence electrons. The first-order valence-corrected chi connectivity index (χ1v) is 11.1. The highest BCUT2D eigenvalue weighted by Gasteiger charge is 2.21. The minimum absolute atomic E-state index is 0.0159. The Morgan fingerprint density at radius 1 is 1.19 bits per heavy atom. The highest BCUT2D eigenvalue weighted by Crippen LogP contribution is 2.21. The van der Waals surface area contributed by atoms with E-state index in [1.165, 1.54) is 26.0 Å². The summed E-state index contributed by atoms with van der Waals surface area (Å²) in [6.45, 7) is 0.0159. The molecular weight excluding hydrogens is 368 g/mol. The summed E-state index contributed by atoms with van der Waals surface area (Å²) in [6.07, 6.45) is 7.72. The molecule has 8 heteroatoms. The number of nitrogens with zero attached hydrogens (tertiary/aromatic N) is 1. The second-order valence-electron chi connectivity index (χ2n) is 6.88. The summed E-state index contributed by atoms with van der Waals surface area (Å²) in [7, 11) is -2.34. The van der Waals surface area contributed by atoms with Crippen LogP contribution in [0.15, 0.2) is 24.3 Å². The molecule has 0 atom stereocenters. The Bertz CT molecular complexity index is 755. The van der Waals surface area contributed by atoms with E-state index in [1.54, 1.807) is 18.2 Å². The van der Waals surface area contributed by atoms with Crippen molar-refractivity contribution in [3.8, 4) is 0 Å². The van der Waals surface area contributed by atoms with Gasteiger partial charge in [0.15, 0.2) is 0 Å². The van der Waals surface area contributed by atoms with E-state index in [1.807, 2.05) is 0 Å². The number of anilines is 1. The van der Waals surface area contributed by atoms with Crippen LogP contribution >= 0.6 is 0 Å². The fraction of sp³-hybridized carbons (Fsp3) is 0.579. The first-order valence-electron chi connectivity index (χ1n) is 9.26. The fourth-order valence-corrected chi connectivity index (χ4v) is 4.24. The zero-order valence-corrected chi connectivity index (χ0v) is 16.8. The summed E-state index contributed by atoms with van der Waals surface area (Å²) in [5.74, 6) is -0.698. The average molecular weight is 397 g/mol. The van der Waals surface area contributed by atoms with Gasteiger partial charge in [0.2, 0.25) is 15.9 Å². The van der Waals surface area contributed by atoms with E-state index < -0.39 is 16.0 Å². The molecule has 0 radical (unpaired) electrons. The second kappa shape index (κ2) is 9.73. The van der Waals surface area contributed by atoms with Gasteiger partial charge in [-0.05, 0) is 31.0 Å². The molecule has 2 rings (SSSR count). The lowest BCUT2D eigenvalue weighted by atomic mass is 10.1. The number of sulfonamides is 1. The fourth-order valence-electron chi connectivity index (χ4n) is 3.32. The lowest BCUT2D eigenvalue weighted by Crippen LogP contribution is -2.38. The molecule has 1 aliphatic rings. The van der Waals surface area contributed by atoms with Gasteiger partial charge in [-0.25, -0.2) is 13.2 Å². The summed E-state index contributed by atoms with van der Waals surface area (Å²) in [6, 6.07) is 6.36. The van der Waals surface area contributed by atoms with E-state index in [4.69, 9.17) is 0 Å². The molecule has 0 aromatic heterocycles. The molecule has 0 saturated heterocycles. The third kappa shape index (κ3) is 6.53. The Morgan fingerprint density at radius 2 is 1.85 bits per heavy atom. The Balaban J connectivity index is 2.05. The summed E-state index contributed by atoms with van der Waals surface area (Å²) >= 11 is 0. The number of esters is 1. The van der Waals surface area contributed by atoms with Gasteiger partial charge in [0.05, 0.1) is 24.6 Å². The Kier molecular flexibility index (Phi) is 7.65. The third-order valence-corrected chi connectivity index (χ3v) is 5.91. The number of carbonyl (C=O) groups excluding carboxylic acids is 2. The molecule has 0 aliphatic heterocycles. The molecule has 1 aliphatic carbocycles. The maximum absolute atomic E-state index is 12.3. The van der Waals surface area contributed by atoms with Crippen molar-refractivity contribution >= 4 is 27.6 Å². The Morgan fingerprint density at radius 3 is 2.44 bits per heavy atom. The van der Waals surface area contributed by atoms with Crippen molar-refractivity contribution in [2.75, 3.05) is 24.2 Å². The van der Waals surface area contributed by atoms with Crippen LogP contribution in [0.3, 0.4) is 0 Å². The molecule has 1 aromatic carbocycles. The molecule has 0 unspecified atom stereocenters. The van der Waals surface area contributed by atoms with Gasteiger partial charge in [-0.2, -0.15) is 0 Å². The van der Waals surface area contributed by atoms with Crippen LogP contribution in [0.1, 0.15) is 55.3 Å². The zero-order chi connectivity index (χ0) is 19.9. The molecule has 27 heavy (non-hydrogen) atoms. The lowest BCUT2D eigenvalue weighted by Gasteiger charge is -2.23. The topological polar surface area (TPSA) is 92.8 Å². The van der Waals surface area contributed by atoms with Crippen molar-refractivity contribution in [2.24, 2.45) is 0 Å². The number of nitrogens with one attached hydrogen (secondary N) is 1.